The van der Waals surface area contributed by atoms with Crippen LogP contribution in [-0.2, 0) is 4.74 Å². The average Bonchev–Trinajstić information content (AvgIpc) is 2.52. The van der Waals surface area contributed by atoms with Crippen LogP contribution in [0.15, 0.2) is 22.7 Å². The molecule has 3 nitrogen and oxygen atoms in total. The van der Waals surface area contributed by atoms with E-state index in [2.05, 4.69) is 58.2 Å². The van der Waals surface area contributed by atoms with Gasteiger partial charge >= 0.3 is 0 Å². The van der Waals surface area contributed by atoms with Gasteiger partial charge in [-0.1, -0.05) is 13.0 Å². The fourth-order valence-electron chi connectivity index (χ4n) is 2.86. The number of piperidine rings is 1. The van der Waals surface area contributed by atoms with Gasteiger partial charge in [0.2, 0.25) is 0 Å². The Kier molecular flexibility index (Phi) is 6.52. The van der Waals surface area contributed by atoms with Crippen molar-refractivity contribution in [3.63, 3.8) is 0 Å². The minimum absolute atomic E-state index is 0.398. The van der Waals surface area contributed by atoms with Crippen LogP contribution in [0.5, 0.6) is 0 Å². The van der Waals surface area contributed by atoms with Crippen LogP contribution < -0.4 is 10.2 Å². The summed E-state index contributed by atoms with van der Waals surface area (Å²) in [7, 11) is 1.82. The van der Waals surface area contributed by atoms with Crippen LogP contribution in [0.2, 0.25) is 0 Å². The Hall–Kier alpha value is -0.580. The molecule has 1 aromatic rings. The number of halogens is 1. The third kappa shape index (κ3) is 4.44. The SMILES string of the molecule is CCCNC(C)c1ccc(N2CCC(OC)CC2)c(Br)c1. The first-order valence-corrected chi connectivity index (χ1v) is 8.75. The molecule has 118 valence electrons. The van der Waals surface area contributed by atoms with Gasteiger partial charge in [-0.05, 0) is 66.4 Å². The van der Waals surface area contributed by atoms with E-state index in [9.17, 15) is 0 Å². The second-order valence-electron chi connectivity index (χ2n) is 5.81. The predicted molar refractivity (Wildman–Crippen MR) is 93.1 cm³/mol. The molecule has 1 N–H and O–H groups in total. The molecule has 1 fully saturated rings. The lowest BCUT2D eigenvalue weighted by atomic mass is 10.0. The first kappa shape index (κ1) is 16.8. The van der Waals surface area contributed by atoms with Crippen LogP contribution >= 0.6 is 15.9 Å². The molecule has 1 unspecified atom stereocenters. The van der Waals surface area contributed by atoms with Gasteiger partial charge in [0.1, 0.15) is 0 Å². The van der Waals surface area contributed by atoms with Gasteiger partial charge < -0.3 is 15.0 Å². The molecule has 0 bridgehead atoms. The number of anilines is 1. The number of nitrogens with zero attached hydrogens (tertiary/aromatic N) is 1. The third-order valence-electron chi connectivity index (χ3n) is 4.29. The zero-order valence-corrected chi connectivity index (χ0v) is 14.9. The molecule has 1 heterocycles. The van der Waals surface area contributed by atoms with E-state index in [1.54, 1.807) is 0 Å². The van der Waals surface area contributed by atoms with Gasteiger partial charge in [0.15, 0.2) is 0 Å². The number of hydrogen-bond acceptors (Lipinski definition) is 3. The van der Waals surface area contributed by atoms with Crippen molar-refractivity contribution < 1.29 is 4.74 Å². The Bertz CT molecular complexity index is 444. The number of nitrogens with one attached hydrogen (secondary N) is 1. The molecule has 0 aromatic heterocycles. The summed E-state index contributed by atoms with van der Waals surface area (Å²) in [5.74, 6) is 0. The van der Waals surface area contributed by atoms with Crippen molar-refractivity contribution >= 4 is 21.6 Å². The van der Waals surface area contributed by atoms with Crippen LogP contribution in [-0.4, -0.2) is 32.8 Å². The van der Waals surface area contributed by atoms with Crippen molar-refractivity contribution in [2.24, 2.45) is 0 Å². The summed E-state index contributed by atoms with van der Waals surface area (Å²) in [4.78, 5) is 2.45. The largest absolute Gasteiger partial charge is 0.381 e. The van der Waals surface area contributed by atoms with E-state index in [1.165, 1.54) is 15.7 Å². The van der Waals surface area contributed by atoms with Crippen LogP contribution in [0.1, 0.15) is 44.7 Å². The molecule has 2 rings (SSSR count). The van der Waals surface area contributed by atoms with E-state index < -0.39 is 0 Å². The molecule has 0 spiro atoms. The second-order valence-corrected chi connectivity index (χ2v) is 6.66. The fourth-order valence-corrected chi connectivity index (χ4v) is 3.51. The highest BCUT2D eigenvalue weighted by Crippen LogP contribution is 2.31. The summed E-state index contributed by atoms with van der Waals surface area (Å²) in [6.45, 7) is 7.62. The van der Waals surface area contributed by atoms with E-state index in [0.29, 0.717) is 12.1 Å². The molecule has 0 saturated carbocycles. The van der Waals surface area contributed by atoms with Gasteiger partial charge in [-0.25, -0.2) is 0 Å². The number of methoxy groups -OCH3 is 1. The van der Waals surface area contributed by atoms with Crippen LogP contribution in [0.4, 0.5) is 5.69 Å². The van der Waals surface area contributed by atoms with Crippen molar-refractivity contribution in [1.29, 1.82) is 0 Å². The molecule has 1 aliphatic rings. The van der Waals surface area contributed by atoms with Gasteiger partial charge in [-0.2, -0.15) is 0 Å². The Morgan fingerprint density at radius 2 is 2.10 bits per heavy atom. The molecule has 1 aromatic carbocycles. The summed E-state index contributed by atoms with van der Waals surface area (Å²) >= 11 is 3.75. The molecular formula is C17H27BrN2O. The molecule has 0 amide bonds. The van der Waals surface area contributed by atoms with Crippen molar-refractivity contribution in [3.8, 4) is 0 Å². The fraction of sp³-hybridized carbons (Fsp3) is 0.647. The molecule has 1 aliphatic heterocycles. The highest BCUT2D eigenvalue weighted by molar-refractivity contribution is 9.10. The molecule has 1 atom stereocenters. The lowest BCUT2D eigenvalue weighted by Gasteiger charge is -2.33. The van der Waals surface area contributed by atoms with E-state index >= 15 is 0 Å². The maximum Gasteiger partial charge on any atom is 0.0605 e. The number of rotatable bonds is 6. The summed E-state index contributed by atoms with van der Waals surface area (Å²) in [6, 6.07) is 7.15. The lowest BCUT2D eigenvalue weighted by molar-refractivity contribution is 0.0819. The summed E-state index contributed by atoms with van der Waals surface area (Å²) < 4.78 is 6.64. The molecule has 21 heavy (non-hydrogen) atoms. The average molecular weight is 355 g/mol. The van der Waals surface area contributed by atoms with Gasteiger partial charge in [-0.3, -0.25) is 0 Å². The minimum atomic E-state index is 0.398. The van der Waals surface area contributed by atoms with Gasteiger partial charge in [-0.15, -0.1) is 0 Å². The Morgan fingerprint density at radius 3 is 2.67 bits per heavy atom. The van der Waals surface area contributed by atoms with Crippen LogP contribution in [0.3, 0.4) is 0 Å². The zero-order chi connectivity index (χ0) is 15.2. The van der Waals surface area contributed by atoms with Gasteiger partial charge in [0.25, 0.3) is 0 Å². The first-order chi connectivity index (χ1) is 10.2. The maximum atomic E-state index is 5.45. The van der Waals surface area contributed by atoms with Crippen molar-refractivity contribution in [2.75, 3.05) is 31.6 Å². The number of ether oxygens (including phenoxy) is 1. The Labute approximate surface area is 137 Å². The highest BCUT2D eigenvalue weighted by Gasteiger charge is 2.20. The van der Waals surface area contributed by atoms with E-state index in [4.69, 9.17) is 4.74 Å². The van der Waals surface area contributed by atoms with Gasteiger partial charge in [0.05, 0.1) is 11.8 Å². The molecule has 0 radical (unpaired) electrons. The standard InChI is InChI=1S/C17H27BrN2O/c1-4-9-19-13(2)14-5-6-17(16(18)12-14)20-10-7-15(21-3)8-11-20/h5-6,12-13,15,19H,4,7-11H2,1-3H3. The quantitative estimate of drug-likeness (QED) is 0.831. The normalized spacial score (nSPS) is 18.0. The topological polar surface area (TPSA) is 24.5 Å². The zero-order valence-electron chi connectivity index (χ0n) is 13.4. The Morgan fingerprint density at radius 1 is 1.38 bits per heavy atom. The molecule has 1 saturated heterocycles. The number of hydrogen-bond donors (Lipinski definition) is 1. The van der Waals surface area contributed by atoms with Crippen molar-refractivity contribution in [1.82, 2.24) is 5.32 Å². The predicted octanol–water partition coefficient (Wildman–Crippen LogP) is 4.12. The number of benzene rings is 1. The second kappa shape index (κ2) is 8.16. The first-order valence-electron chi connectivity index (χ1n) is 7.96. The maximum absolute atomic E-state index is 5.45. The van der Waals surface area contributed by atoms with E-state index in [0.717, 1.165) is 38.9 Å². The van der Waals surface area contributed by atoms with Crippen molar-refractivity contribution in [2.45, 2.75) is 45.3 Å². The van der Waals surface area contributed by atoms with E-state index in [-0.39, 0.29) is 0 Å². The minimum Gasteiger partial charge on any atom is -0.381 e. The molecule has 0 aliphatic carbocycles. The Balaban J connectivity index is 2.02. The summed E-state index contributed by atoms with van der Waals surface area (Å²) in [5.41, 5.74) is 2.64. The van der Waals surface area contributed by atoms with Gasteiger partial charge in [0, 0.05) is 30.7 Å². The van der Waals surface area contributed by atoms with Crippen LogP contribution in [0.25, 0.3) is 0 Å². The third-order valence-corrected chi connectivity index (χ3v) is 4.92. The summed E-state index contributed by atoms with van der Waals surface area (Å²) in [5, 5.41) is 3.54. The van der Waals surface area contributed by atoms with E-state index in [1.807, 2.05) is 7.11 Å². The summed E-state index contributed by atoms with van der Waals surface area (Å²) in [6.07, 6.45) is 3.81. The smallest absolute Gasteiger partial charge is 0.0605 e. The monoisotopic (exact) mass is 354 g/mol. The molecule has 4 heteroatoms. The van der Waals surface area contributed by atoms with Crippen LogP contribution in [0, 0.1) is 0 Å². The molecular weight excluding hydrogens is 328 g/mol. The highest BCUT2D eigenvalue weighted by atomic mass is 79.9. The van der Waals surface area contributed by atoms with Crippen molar-refractivity contribution in [3.05, 3.63) is 28.2 Å². The lowest BCUT2D eigenvalue weighted by Crippen LogP contribution is -2.36.